The van der Waals surface area contributed by atoms with Crippen LogP contribution in [0.1, 0.15) is 12.5 Å². The summed E-state index contributed by atoms with van der Waals surface area (Å²) in [7, 11) is 0. The van der Waals surface area contributed by atoms with Gasteiger partial charge in [0.2, 0.25) is 0 Å². The van der Waals surface area contributed by atoms with E-state index in [4.69, 9.17) is 11.6 Å². The zero-order chi connectivity index (χ0) is 14.0. The van der Waals surface area contributed by atoms with Crippen molar-refractivity contribution in [3.05, 3.63) is 35.9 Å². The van der Waals surface area contributed by atoms with Crippen LogP contribution in [0.2, 0.25) is 0 Å². The number of rotatable bonds is 3. The van der Waals surface area contributed by atoms with E-state index in [-0.39, 0.29) is 5.88 Å². The number of hydrogen-bond donors (Lipinski definition) is 2. The lowest BCUT2D eigenvalue weighted by Crippen LogP contribution is -2.48. The largest absolute Gasteiger partial charge is 0.344 e. The molecule has 1 aliphatic heterocycles. The van der Waals surface area contributed by atoms with Crippen molar-refractivity contribution in [2.45, 2.75) is 12.5 Å². The Balaban J connectivity index is 2.29. The van der Waals surface area contributed by atoms with Crippen molar-refractivity contribution in [3.8, 4) is 0 Å². The highest BCUT2D eigenvalue weighted by Gasteiger charge is 2.49. The third kappa shape index (κ3) is 2.26. The predicted molar refractivity (Wildman–Crippen MR) is 68.0 cm³/mol. The fourth-order valence-electron chi connectivity index (χ4n) is 1.86. The van der Waals surface area contributed by atoms with Crippen LogP contribution in [0.5, 0.6) is 0 Å². The number of benzene rings is 1. The molecule has 100 valence electrons. The fourth-order valence-corrected chi connectivity index (χ4v) is 1.92. The number of carbonyl (C=O) groups is 3. The molecular weight excluding hydrogens is 270 g/mol. The minimum Gasteiger partial charge on any atom is -0.318 e. The molecule has 0 bridgehead atoms. The van der Waals surface area contributed by atoms with Gasteiger partial charge in [-0.25, -0.2) is 4.79 Å². The molecule has 0 saturated carbocycles. The van der Waals surface area contributed by atoms with Crippen LogP contribution in [0.15, 0.2) is 30.3 Å². The fraction of sp³-hybridized carbons (Fsp3) is 0.250. The smallest absolute Gasteiger partial charge is 0.318 e. The molecule has 19 heavy (non-hydrogen) atoms. The van der Waals surface area contributed by atoms with E-state index in [1.807, 2.05) is 0 Å². The van der Waals surface area contributed by atoms with E-state index in [9.17, 15) is 14.4 Å². The van der Waals surface area contributed by atoms with Gasteiger partial charge in [-0.1, -0.05) is 30.3 Å². The third-order valence-electron chi connectivity index (χ3n) is 2.90. The number of nitrogens with zero attached hydrogens (tertiary/aromatic N) is 1. The maximum atomic E-state index is 12.3. The number of hydrogen-bond acceptors (Lipinski definition) is 3. The number of halogens is 1. The number of carbonyl (C=O) groups excluding carboxylic acids is 3. The first kappa shape index (κ1) is 13.4. The molecular formula is C12H12ClN3O3. The topological polar surface area (TPSA) is 78.5 Å². The highest BCUT2D eigenvalue weighted by Crippen LogP contribution is 2.27. The lowest BCUT2D eigenvalue weighted by atomic mass is 9.92. The number of nitrogens with one attached hydrogen (secondary N) is 2. The normalized spacial score (nSPS) is 22.3. The lowest BCUT2D eigenvalue weighted by molar-refractivity contribution is -0.138. The Morgan fingerprint density at radius 2 is 2.00 bits per heavy atom. The molecule has 2 rings (SSSR count). The second-order valence-corrected chi connectivity index (χ2v) is 4.50. The van der Waals surface area contributed by atoms with Crippen LogP contribution in [-0.4, -0.2) is 28.7 Å². The summed E-state index contributed by atoms with van der Waals surface area (Å²) in [6.07, 6.45) is 0. The minimum atomic E-state index is -1.20. The maximum absolute atomic E-state index is 12.3. The highest BCUT2D eigenvalue weighted by atomic mass is 35.5. The van der Waals surface area contributed by atoms with Gasteiger partial charge in [0, 0.05) is 0 Å². The first-order valence-electron chi connectivity index (χ1n) is 5.56. The molecule has 0 aromatic heterocycles. The molecule has 1 aliphatic rings. The van der Waals surface area contributed by atoms with Crippen molar-refractivity contribution in [3.63, 3.8) is 0 Å². The van der Waals surface area contributed by atoms with Crippen molar-refractivity contribution in [2.75, 3.05) is 5.88 Å². The van der Waals surface area contributed by atoms with Crippen LogP contribution >= 0.6 is 11.6 Å². The third-order valence-corrected chi connectivity index (χ3v) is 3.14. The number of hydrazine groups is 1. The summed E-state index contributed by atoms with van der Waals surface area (Å²) < 4.78 is 0. The van der Waals surface area contributed by atoms with Crippen molar-refractivity contribution < 1.29 is 14.4 Å². The Bertz CT molecular complexity index is 534. The predicted octanol–water partition coefficient (Wildman–Crippen LogP) is 0.724. The molecule has 0 radical (unpaired) electrons. The van der Waals surface area contributed by atoms with E-state index in [0.29, 0.717) is 10.6 Å². The van der Waals surface area contributed by atoms with Gasteiger partial charge in [-0.2, -0.15) is 5.01 Å². The van der Waals surface area contributed by atoms with Gasteiger partial charge in [-0.05, 0) is 12.5 Å². The standard InChI is InChI=1S/C12H12ClN3O3/c1-12(8-5-3-2-4-6-8)10(18)16(11(19)14-12)15-9(17)7-13/h2-6H,7H2,1H3,(H,14,19)(H,15,17). The second-order valence-electron chi connectivity index (χ2n) is 4.23. The zero-order valence-electron chi connectivity index (χ0n) is 10.1. The van der Waals surface area contributed by atoms with Crippen molar-refractivity contribution in [1.82, 2.24) is 15.8 Å². The quantitative estimate of drug-likeness (QED) is 0.633. The van der Waals surface area contributed by atoms with Crippen LogP contribution in [0.3, 0.4) is 0 Å². The summed E-state index contributed by atoms with van der Waals surface area (Å²) in [5.74, 6) is -1.51. The number of urea groups is 1. The van der Waals surface area contributed by atoms with Gasteiger partial charge in [-0.15, -0.1) is 11.6 Å². The number of imide groups is 1. The van der Waals surface area contributed by atoms with E-state index in [1.165, 1.54) is 0 Å². The van der Waals surface area contributed by atoms with Crippen LogP contribution in [0.25, 0.3) is 0 Å². The molecule has 6 nitrogen and oxygen atoms in total. The van der Waals surface area contributed by atoms with Gasteiger partial charge in [-0.3, -0.25) is 15.0 Å². The Morgan fingerprint density at radius 1 is 1.37 bits per heavy atom. The van der Waals surface area contributed by atoms with E-state index < -0.39 is 23.4 Å². The van der Waals surface area contributed by atoms with E-state index in [1.54, 1.807) is 37.3 Å². The Kier molecular flexibility index (Phi) is 3.44. The summed E-state index contributed by atoms with van der Waals surface area (Å²) >= 11 is 5.33. The highest BCUT2D eigenvalue weighted by molar-refractivity contribution is 6.27. The first-order chi connectivity index (χ1) is 8.99. The molecule has 7 heteroatoms. The molecule has 1 heterocycles. The molecule has 1 aromatic carbocycles. The monoisotopic (exact) mass is 281 g/mol. The first-order valence-corrected chi connectivity index (χ1v) is 6.10. The van der Waals surface area contributed by atoms with Crippen molar-refractivity contribution in [1.29, 1.82) is 0 Å². The molecule has 0 spiro atoms. The van der Waals surface area contributed by atoms with E-state index >= 15 is 0 Å². The summed E-state index contributed by atoms with van der Waals surface area (Å²) in [4.78, 5) is 35.2. The molecule has 1 aromatic rings. The van der Waals surface area contributed by atoms with Crippen LogP contribution < -0.4 is 10.7 Å². The van der Waals surface area contributed by atoms with Crippen molar-refractivity contribution >= 4 is 29.4 Å². The van der Waals surface area contributed by atoms with Gasteiger partial charge in [0.25, 0.3) is 11.8 Å². The summed E-state index contributed by atoms with van der Waals surface area (Å²) in [5.41, 5.74) is 1.59. The molecule has 1 atom stereocenters. The average Bonchev–Trinajstić information content (AvgIpc) is 2.64. The molecule has 1 saturated heterocycles. The SMILES string of the molecule is CC1(c2ccccc2)NC(=O)N(NC(=O)CCl)C1=O. The molecule has 2 N–H and O–H groups in total. The van der Waals surface area contributed by atoms with Gasteiger partial charge < -0.3 is 5.32 Å². The molecule has 1 fully saturated rings. The summed E-state index contributed by atoms with van der Waals surface area (Å²) in [5, 5.41) is 3.21. The average molecular weight is 282 g/mol. The van der Waals surface area contributed by atoms with Crippen LogP contribution in [0.4, 0.5) is 4.79 Å². The Hall–Kier alpha value is -2.08. The van der Waals surface area contributed by atoms with Gasteiger partial charge in [0.15, 0.2) is 0 Å². The maximum Gasteiger partial charge on any atom is 0.344 e. The summed E-state index contributed by atoms with van der Waals surface area (Å²) in [6, 6.07) is 8.10. The van der Waals surface area contributed by atoms with Gasteiger partial charge in [0.05, 0.1) is 0 Å². The summed E-state index contributed by atoms with van der Waals surface area (Å²) in [6.45, 7) is 1.58. The lowest BCUT2D eigenvalue weighted by Gasteiger charge is -2.21. The molecule has 1 unspecified atom stereocenters. The van der Waals surface area contributed by atoms with E-state index in [0.717, 1.165) is 0 Å². The number of amides is 4. The minimum absolute atomic E-state index is 0.334. The molecule has 0 aliphatic carbocycles. The van der Waals surface area contributed by atoms with Crippen molar-refractivity contribution in [2.24, 2.45) is 0 Å². The van der Waals surface area contributed by atoms with E-state index in [2.05, 4.69) is 10.7 Å². The van der Waals surface area contributed by atoms with Gasteiger partial charge >= 0.3 is 6.03 Å². The molecule has 4 amide bonds. The van der Waals surface area contributed by atoms with Crippen LogP contribution in [0, 0.1) is 0 Å². The Morgan fingerprint density at radius 3 is 2.58 bits per heavy atom. The number of alkyl halides is 1. The zero-order valence-corrected chi connectivity index (χ0v) is 10.9. The van der Waals surface area contributed by atoms with Gasteiger partial charge in [0.1, 0.15) is 11.4 Å². The second kappa shape index (κ2) is 4.89. The Labute approximate surface area is 114 Å². The van der Waals surface area contributed by atoms with Crippen LogP contribution in [-0.2, 0) is 15.1 Å².